The SMILES string of the molecule is CCCC1CN=C(NC2CC(OCC)C2)S1. The number of thioether (sulfide) groups is 1. The maximum Gasteiger partial charge on any atom is 0.157 e. The summed E-state index contributed by atoms with van der Waals surface area (Å²) < 4.78 is 5.55. The van der Waals surface area contributed by atoms with Gasteiger partial charge in [-0.3, -0.25) is 4.99 Å². The van der Waals surface area contributed by atoms with Crippen molar-refractivity contribution in [2.75, 3.05) is 13.2 Å². The van der Waals surface area contributed by atoms with Crippen LogP contribution in [0, 0.1) is 0 Å². The van der Waals surface area contributed by atoms with Crippen LogP contribution in [-0.2, 0) is 4.74 Å². The first kappa shape index (κ1) is 12.2. The second kappa shape index (κ2) is 5.92. The van der Waals surface area contributed by atoms with Crippen molar-refractivity contribution in [2.45, 2.75) is 56.9 Å². The largest absolute Gasteiger partial charge is 0.378 e. The molecule has 0 spiro atoms. The van der Waals surface area contributed by atoms with E-state index in [1.165, 1.54) is 18.0 Å². The van der Waals surface area contributed by atoms with Gasteiger partial charge >= 0.3 is 0 Å². The summed E-state index contributed by atoms with van der Waals surface area (Å²) >= 11 is 1.93. The van der Waals surface area contributed by atoms with Crippen molar-refractivity contribution >= 4 is 16.9 Å². The van der Waals surface area contributed by atoms with E-state index in [9.17, 15) is 0 Å². The van der Waals surface area contributed by atoms with Gasteiger partial charge in [-0.15, -0.1) is 0 Å². The van der Waals surface area contributed by atoms with E-state index in [4.69, 9.17) is 4.74 Å². The number of aliphatic imine (C=N–C) groups is 1. The van der Waals surface area contributed by atoms with Gasteiger partial charge in [0.2, 0.25) is 0 Å². The molecule has 0 bridgehead atoms. The summed E-state index contributed by atoms with van der Waals surface area (Å²) in [5.74, 6) is 0. The number of nitrogens with one attached hydrogen (secondary N) is 1. The average molecular weight is 242 g/mol. The van der Waals surface area contributed by atoms with Crippen LogP contribution in [0.3, 0.4) is 0 Å². The molecule has 92 valence electrons. The van der Waals surface area contributed by atoms with Crippen molar-refractivity contribution in [3.8, 4) is 0 Å². The molecule has 1 heterocycles. The Bertz CT molecular complexity index is 251. The molecule has 1 fully saturated rings. The molecule has 2 aliphatic rings. The zero-order valence-electron chi connectivity index (χ0n) is 10.2. The summed E-state index contributed by atoms with van der Waals surface area (Å²) in [6, 6.07) is 0.600. The van der Waals surface area contributed by atoms with E-state index in [0.29, 0.717) is 12.1 Å². The summed E-state index contributed by atoms with van der Waals surface area (Å²) in [7, 11) is 0. The Hall–Kier alpha value is -0.220. The molecule has 4 heteroatoms. The number of amidine groups is 1. The van der Waals surface area contributed by atoms with Crippen LogP contribution >= 0.6 is 11.8 Å². The number of hydrogen-bond acceptors (Lipinski definition) is 4. The van der Waals surface area contributed by atoms with Gasteiger partial charge in [0.1, 0.15) is 0 Å². The van der Waals surface area contributed by atoms with Gasteiger partial charge in [-0.2, -0.15) is 0 Å². The number of rotatable bonds is 5. The lowest BCUT2D eigenvalue weighted by atomic mass is 9.89. The highest BCUT2D eigenvalue weighted by atomic mass is 32.2. The molecule has 0 aromatic rings. The standard InChI is InChI=1S/C12H22N2OS/c1-3-5-11-8-13-12(16-11)14-9-6-10(7-9)15-4-2/h9-11H,3-8H2,1-2H3,(H,13,14). The van der Waals surface area contributed by atoms with E-state index in [0.717, 1.165) is 31.2 Å². The smallest absolute Gasteiger partial charge is 0.157 e. The van der Waals surface area contributed by atoms with Gasteiger partial charge in [-0.25, -0.2) is 0 Å². The minimum atomic E-state index is 0.487. The van der Waals surface area contributed by atoms with Crippen molar-refractivity contribution < 1.29 is 4.74 Å². The molecule has 1 aliphatic heterocycles. The van der Waals surface area contributed by atoms with Crippen molar-refractivity contribution in [2.24, 2.45) is 4.99 Å². The molecule has 0 radical (unpaired) electrons. The molecule has 0 aromatic carbocycles. The van der Waals surface area contributed by atoms with Crippen molar-refractivity contribution in [1.82, 2.24) is 5.32 Å². The lowest BCUT2D eigenvalue weighted by Crippen LogP contribution is -2.46. The van der Waals surface area contributed by atoms with E-state index >= 15 is 0 Å². The number of ether oxygens (including phenoxy) is 1. The number of hydrogen-bond donors (Lipinski definition) is 1. The van der Waals surface area contributed by atoms with E-state index in [-0.39, 0.29) is 0 Å². The van der Waals surface area contributed by atoms with Gasteiger partial charge in [0.15, 0.2) is 5.17 Å². The zero-order valence-corrected chi connectivity index (χ0v) is 11.1. The predicted molar refractivity (Wildman–Crippen MR) is 70.2 cm³/mol. The molecule has 1 saturated carbocycles. The molecule has 0 amide bonds. The highest BCUT2D eigenvalue weighted by Gasteiger charge is 2.31. The minimum absolute atomic E-state index is 0.487. The van der Waals surface area contributed by atoms with Gasteiger partial charge in [0, 0.05) is 17.9 Å². The highest BCUT2D eigenvalue weighted by Crippen LogP contribution is 2.28. The van der Waals surface area contributed by atoms with Crippen LogP contribution in [0.1, 0.15) is 39.5 Å². The molecule has 1 N–H and O–H groups in total. The predicted octanol–water partition coefficient (Wildman–Crippen LogP) is 2.42. The second-order valence-electron chi connectivity index (χ2n) is 4.56. The quantitative estimate of drug-likeness (QED) is 0.804. The average Bonchev–Trinajstić information content (AvgIpc) is 2.63. The fraction of sp³-hybridized carbons (Fsp3) is 0.917. The van der Waals surface area contributed by atoms with Crippen LogP contribution in [0.25, 0.3) is 0 Å². The molecule has 1 aliphatic carbocycles. The fourth-order valence-corrected chi connectivity index (χ4v) is 3.40. The summed E-state index contributed by atoms with van der Waals surface area (Å²) in [5, 5.41) is 5.41. The fourth-order valence-electron chi connectivity index (χ4n) is 2.20. The minimum Gasteiger partial charge on any atom is -0.378 e. The van der Waals surface area contributed by atoms with Crippen LogP contribution in [-0.4, -0.2) is 35.7 Å². The molecule has 3 nitrogen and oxygen atoms in total. The molecule has 1 atom stereocenters. The summed E-state index contributed by atoms with van der Waals surface area (Å²) in [6.45, 7) is 6.14. The summed E-state index contributed by atoms with van der Waals surface area (Å²) in [4.78, 5) is 4.56. The third-order valence-corrected chi connectivity index (χ3v) is 4.34. The molecular weight excluding hydrogens is 220 g/mol. The maximum absolute atomic E-state index is 5.55. The Balaban J connectivity index is 1.62. The monoisotopic (exact) mass is 242 g/mol. The molecule has 0 aromatic heterocycles. The lowest BCUT2D eigenvalue weighted by Gasteiger charge is -2.35. The Labute approximate surface area is 102 Å². The van der Waals surface area contributed by atoms with Gasteiger partial charge < -0.3 is 10.1 Å². The van der Waals surface area contributed by atoms with Gasteiger partial charge in [0.25, 0.3) is 0 Å². The second-order valence-corrected chi connectivity index (χ2v) is 5.85. The molecule has 1 unspecified atom stereocenters. The van der Waals surface area contributed by atoms with Crippen LogP contribution in [0.5, 0.6) is 0 Å². The summed E-state index contributed by atoms with van der Waals surface area (Å²) in [6.07, 6.45) is 5.32. The molecule has 0 saturated heterocycles. The molecular formula is C12H22N2OS. The van der Waals surface area contributed by atoms with Crippen molar-refractivity contribution in [1.29, 1.82) is 0 Å². The summed E-state index contributed by atoms with van der Waals surface area (Å²) in [5.41, 5.74) is 0. The third kappa shape index (κ3) is 3.14. The Morgan fingerprint density at radius 1 is 1.44 bits per heavy atom. The maximum atomic E-state index is 5.55. The van der Waals surface area contributed by atoms with Crippen LogP contribution in [0.4, 0.5) is 0 Å². The highest BCUT2D eigenvalue weighted by molar-refractivity contribution is 8.14. The van der Waals surface area contributed by atoms with Gasteiger partial charge in [-0.1, -0.05) is 25.1 Å². The van der Waals surface area contributed by atoms with Gasteiger partial charge in [0.05, 0.1) is 12.6 Å². The topological polar surface area (TPSA) is 33.6 Å². The van der Waals surface area contributed by atoms with E-state index < -0.39 is 0 Å². The first-order chi connectivity index (χ1) is 7.81. The first-order valence-electron chi connectivity index (χ1n) is 6.41. The zero-order chi connectivity index (χ0) is 11.4. The Kier molecular flexibility index (Phi) is 4.53. The first-order valence-corrected chi connectivity index (χ1v) is 7.29. The lowest BCUT2D eigenvalue weighted by molar-refractivity contribution is -0.00541. The normalized spacial score (nSPS) is 33.4. The molecule has 2 rings (SSSR count). The third-order valence-electron chi connectivity index (χ3n) is 3.15. The number of nitrogens with zero attached hydrogens (tertiary/aromatic N) is 1. The van der Waals surface area contributed by atoms with Gasteiger partial charge in [-0.05, 0) is 26.2 Å². The van der Waals surface area contributed by atoms with E-state index in [2.05, 4.69) is 24.2 Å². The van der Waals surface area contributed by atoms with E-state index in [1.54, 1.807) is 0 Å². The van der Waals surface area contributed by atoms with Crippen molar-refractivity contribution in [3.05, 3.63) is 0 Å². The van der Waals surface area contributed by atoms with Crippen LogP contribution in [0.2, 0.25) is 0 Å². The van der Waals surface area contributed by atoms with E-state index in [1.807, 2.05) is 11.8 Å². The Morgan fingerprint density at radius 2 is 2.25 bits per heavy atom. The Morgan fingerprint density at radius 3 is 2.94 bits per heavy atom. The van der Waals surface area contributed by atoms with Crippen molar-refractivity contribution in [3.63, 3.8) is 0 Å². The molecule has 16 heavy (non-hydrogen) atoms. The van der Waals surface area contributed by atoms with Crippen LogP contribution < -0.4 is 5.32 Å². The van der Waals surface area contributed by atoms with Crippen LogP contribution in [0.15, 0.2) is 4.99 Å².